The van der Waals surface area contributed by atoms with Gasteiger partial charge < -0.3 is 15.5 Å². The van der Waals surface area contributed by atoms with E-state index in [0.717, 1.165) is 17.8 Å². The zero-order valence-corrected chi connectivity index (χ0v) is 16.3. The van der Waals surface area contributed by atoms with Crippen molar-refractivity contribution in [1.82, 2.24) is 20.3 Å². The first-order valence-corrected chi connectivity index (χ1v) is 9.62. The van der Waals surface area contributed by atoms with E-state index in [0.29, 0.717) is 18.7 Å². The van der Waals surface area contributed by atoms with E-state index in [1.54, 1.807) is 18.6 Å². The molecule has 146 valence electrons. The number of rotatable bonds is 6. The molecular formula is C21H30N4O2. The van der Waals surface area contributed by atoms with Gasteiger partial charge in [-0.1, -0.05) is 20.8 Å². The molecule has 0 saturated heterocycles. The molecule has 2 heterocycles. The Kier molecular flexibility index (Phi) is 6.19. The van der Waals surface area contributed by atoms with Crippen LogP contribution in [0.15, 0.2) is 36.8 Å². The van der Waals surface area contributed by atoms with E-state index in [9.17, 15) is 10.2 Å². The molecule has 6 heteroatoms. The van der Waals surface area contributed by atoms with E-state index in [-0.39, 0.29) is 29.9 Å². The van der Waals surface area contributed by atoms with Crippen LogP contribution in [0.25, 0.3) is 11.4 Å². The molecule has 4 unspecified atom stereocenters. The molecule has 3 N–H and O–H groups in total. The van der Waals surface area contributed by atoms with Gasteiger partial charge in [0.15, 0.2) is 5.82 Å². The largest absolute Gasteiger partial charge is 0.396 e. The summed E-state index contributed by atoms with van der Waals surface area (Å²) in [5.74, 6) is 0.641. The van der Waals surface area contributed by atoms with Crippen molar-refractivity contribution in [1.29, 1.82) is 0 Å². The van der Waals surface area contributed by atoms with Crippen molar-refractivity contribution >= 4 is 0 Å². The van der Waals surface area contributed by atoms with Gasteiger partial charge in [0.05, 0.1) is 6.10 Å². The highest BCUT2D eigenvalue weighted by Gasteiger charge is 2.42. The zero-order chi connectivity index (χ0) is 19.4. The van der Waals surface area contributed by atoms with Gasteiger partial charge in [0, 0.05) is 55.0 Å². The molecule has 3 rings (SSSR count). The summed E-state index contributed by atoms with van der Waals surface area (Å²) in [6.07, 6.45) is 6.11. The van der Waals surface area contributed by atoms with Gasteiger partial charge in [0.2, 0.25) is 0 Å². The van der Waals surface area contributed by atoms with Gasteiger partial charge in [-0.2, -0.15) is 0 Å². The van der Waals surface area contributed by atoms with Crippen LogP contribution in [0.2, 0.25) is 0 Å². The van der Waals surface area contributed by atoms with Crippen LogP contribution >= 0.6 is 0 Å². The van der Waals surface area contributed by atoms with Crippen LogP contribution in [0.4, 0.5) is 0 Å². The highest BCUT2D eigenvalue weighted by atomic mass is 16.3. The van der Waals surface area contributed by atoms with Crippen molar-refractivity contribution < 1.29 is 10.2 Å². The van der Waals surface area contributed by atoms with Crippen LogP contribution in [-0.4, -0.2) is 50.5 Å². The third-order valence-corrected chi connectivity index (χ3v) is 5.24. The Morgan fingerprint density at radius 3 is 2.67 bits per heavy atom. The Bertz CT molecular complexity index is 732. The van der Waals surface area contributed by atoms with E-state index in [4.69, 9.17) is 4.98 Å². The van der Waals surface area contributed by atoms with Gasteiger partial charge in [0.25, 0.3) is 0 Å². The van der Waals surface area contributed by atoms with Crippen molar-refractivity contribution in [2.75, 3.05) is 13.2 Å². The molecular weight excluding hydrogens is 340 g/mol. The lowest BCUT2D eigenvalue weighted by molar-refractivity contribution is 0.0715. The topological polar surface area (TPSA) is 91.2 Å². The molecule has 2 aromatic rings. The Hall–Kier alpha value is -1.89. The number of hydrogen-bond acceptors (Lipinski definition) is 6. The Labute approximate surface area is 161 Å². The third kappa shape index (κ3) is 5.09. The number of aliphatic hydroxyl groups excluding tert-OH is 2. The minimum atomic E-state index is -0.489. The van der Waals surface area contributed by atoms with Crippen LogP contribution < -0.4 is 5.32 Å². The summed E-state index contributed by atoms with van der Waals surface area (Å²) < 4.78 is 0. The van der Waals surface area contributed by atoms with Gasteiger partial charge in [-0.15, -0.1) is 0 Å². The molecule has 1 saturated carbocycles. The Balaban J connectivity index is 1.78. The lowest BCUT2D eigenvalue weighted by atomic mass is 9.88. The summed E-state index contributed by atoms with van der Waals surface area (Å²) in [7, 11) is 0. The highest BCUT2D eigenvalue weighted by molar-refractivity contribution is 5.52. The second-order valence-electron chi connectivity index (χ2n) is 8.68. The fourth-order valence-corrected chi connectivity index (χ4v) is 3.80. The van der Waals surface area contributed by atoms with Gasteiger partial charge >= 0.3 is 0 Å². The average molecular weight is 370 g/mol. The fraction of sp³-hybridized carbons (Fsp3) is 0.571. The number of hydrogen-bond donors (Lipinski definition) is 3. The van der Waals surface area contributed by atoms with E-state index >= 15 is 0 Å². The smallest absolute Gasteiger partial charge is 0.160 e. The van der Waals surface area contributed by atoms with E-state index in [1.807, 2.05) is 18.2 Å². The van der Waals surface area contributed by atoms with E-state index < -0.39 is 6.10 Å². The standard InChI is InChI=1S/C21H30N4O2/c1-21(2,3)13-24-18-10-19(27)17(12-26)16(18)9-15-6-8-23-20(25-15)14-5-4-7-22-11-14/h4-8,11,16-19,24,26-27H,9-10,12-13H2,1-3H3. The van der Waals surface area contributed by atoms with Gasteiger partial charge in [-0.05, 0) is 42.4 Å². The van der Waals surface area contributed by atoms with Gasteiger partial charge in [-0.25, -0.2) is 9.97 Å². The van der Waals surface area contributed by atoms with Crippen LogP contribution in [-0.2, 0) is 6.42 Å². The molecule has 2 aromatic heterocycles. The SMILES string of the molecule is CC(C)(C)CNC1CC(O)C(CO)C1Cc1ccnc(-c2cccnc2)n1. The normalized spacial score (nSPS) is 25.7. The summed E-state index contributed by atoms with van der Waals surface area (Å²) in [5, 5.41) is 23.9. The maximum Gasteiger partial charge on any atom is 0.160 e. The molecule has 0 bridgehead atoms. The lowest BCUT2D eigenvalue weighted by Crippen LogP contribution is -2.40. The summed E-state index contributed by atoms with van der Waals surface area (Å²) in [4.78, 5) is 13.2. The van der Waals surface area contributed by atoms with Crippen LogP contribution in [0.5, 0.6) is 0 Å². The first kappa shape index (κ1) is 19.9. The summed E-state index contributed by atoms with van der Waals surface area (Å²) in [6.45, 7) is 7.42. The average Bonchev–Trinajstić information content (AvgIpc) is 2.95. The van der Waals surface area contributed by atoms with Crippen molar-refractivity contribution in [2.45, 2.75) is 45.8 Å². The Morgan fingerprint density at radius 1 is 1.19 bits per heavy atom. The Morgan fingerprint density at radius 2 is 2.00 bits per heavy atom. The maximum absolute atomic E-state index is 10.4. The maximum atomic E-state index is 10.4. The minimum Gasteiger partial charge on any atom is -0.396 e. The van der Waals surface area contributed by atoms with Gasteiger partial charge in [0.1, 0.15) is 0 Å². The van der Waals surface area contributed by atoms with Crippen LogP contribution in [0, 0.1) is 17.3 Å². The van der Waals surface area contributed by atoms with E-state index in [2.05, 4.69) is 36.1 Å². The van der Waals surface area contributed by atoms with E-state index in [1.165, 1.54) is 0 Å². The van der Waals surface area contributed by atoms with Crippen molar-refractivity contribution in [3.8, 4) is 11.4 Å². The molecule has 6 nitrogen and oxygen atoms in total. The summed E-state index contributed by atoms with van der Waals surface area (Å²) >= 11 is 0. The van der Waals surface area contributed by atoms with Crippen molar-refractivity contribution in [2.24, 2.45) is 17.3 Å². The second kappa shape index (κ2) is 8.42. The minimum absolute atomic E-state index is 0.0138. The molecule has 0 spiro atoms. The molecule has 0 amide bonds. The summed E-state index contributed by atoms with van der Waals surface area (Å²) in [6, 6.07) is 5.88. The molecule has 0 aromatic carbocycles. The molecule has 1 aliphatic rings. The first-order valence-electron chi connectivity index (χ1n) is 9.62. The van der Waals surface area contributed by atoms with Crippen molar-refractivity contribution in [3.63, 3.8) is 0 Å². The predicted octanol–water partition coefficient (Wildman–Crippen LogP) is 2.07. The molecule has 1 fully saturated rings. The highest BCUT2D eigenvalue weighted by Crippen LogP contribution is 2.35. The lowest BCUT2D eigenvalue weighted by Gasteiger charge is -2.28. The molecule has 0 aliphatic heterocycles. The molecule has 27 heavy (non-hydrogen) atoms. The molecule has 4 atom stereocenters. The second-order valence-corrected chi connectivity index (χ2v) is 8.68. The predicted molar refractivity (Wildman–Crippen MR) is 105 cm³/mol. The fourth-order valence-electron chi connectivity index (χ4n) is 3.80. The van der Waals surface area contributed by atoms with Crippen LogP contribution in [0.3, 0.4) is 0 Å². The monoisotopic (exact) mass is 370 g/mol. The summed E-state index contributed by atoms with van der Waals surface area (Å²) in [5.41, 5.74) is 1.96. The van der Waals surface area contributed by atoms with Crippen molar-refractivity contribution in [3.05, 3.63) is 42.5 Å². The molecule has 1 aliphatic carbocycles. The van der Waals surface area contributed by atoms with Crippen LogP contribution in [0.1, 0.15) is 32.9 Å². The van der Waals surface area contributed by atoms with Gasteiger partial charge in [-0.3, -0.25) is 4.98 Å². The molecule has 0 radical (unpaired) electrons. The zero-order valence-electron chi connectivity index (χ0n) is 16.3. The number of nitrogens with one attached hydrogen (secondary N) is 1. The number of aromatic nitrogens is 3. The number of nitrogens with zero attached hydrogens (tertiary/aromatic N) is 3. The quantitative estimate of drug-likeness (QED) is 0.721. The number of aliphatic hydroxyl groups is 2. The third-order valence-electron chi connectivity index (χ3n) is 5.24. The number of pyridine rings is 1. The first-order chi connectivity index (χ1) is 12.9.